The summed E-state index contributed by atoms with van der Waals surface area (Å²) in [6, 6.07) is 4.41. The van der Waals surface area contributed by atoms with Gasteiger partial charge in [0, 0.05) is 25.1 Å². The van der Waals surface area contributed by atoms with E-state index in [2.05, 4.69) is 10.2 Å². The first kappa shape index (κ1) is 19.8. The van der Waals surface area contributed by atoms with Crippen LogP contribution >= 0.6 is 0 Å². The second-order valence-electron chi connectivity index (χ2n) is 6.42. The molecule has 0 saturated carbocycles. The van der Waals surface area contributed by atoms with Gasteiger partial charge in [-0.05, 0) is 45.3 Å². The Labute approximate surface area is 152 Å². The number of nitro benzene ring substituents is 1. The summed E-state index contributed by atoms with van der Waals surface area (Å²) in [5.41, 5.74) is 1.19. The van der Waals surface area contributed by atoms with Crippen LogP contribution in [0.15, 0.2) is 18.2 Å². The monoisotopic (exact) mass is 363 g/mol. The molecule has 1 heterocycles. The van der Waals surface area contributed by atoms with Gasteiger partial charge in [-0.3, -0.25) is 19.7 Å². The van der Waals surface area contributed by atoms with E-state index in [0.29, 0.717) is 25.3 Å². The number of non-ortho nitro benzene ring substituents is 1. The number of nitro groups is 1. The number of rotatable bonds is 7. The first-order valence-electron chi connectivity index (χ1n) is 8.84. The summed E-state index contributed by atoms with van der Waals surface area (Å²) < 4.78 is 5.05. The predicted molar refractivity (Wildman–Crippen MR) is 96.9 cm³/mol. The molecule has 8 nitrogen and oxygen atoms in total. The second kappa shape index (κ2) is 9.28. The van der Waals surface area contributed by atoms with Crippen LogP contribution in [0.1, 0.15) is 31.7 Å². The van der Waals surface area contributed by atoms with Gasteiger partial charge in [0.05, 0.1) is 23.1 Å². The Morgan fingerprint density at radius 2 is 2.04 bits per heavy atom. The molecular formula is C18H25N3O5. The van der Waals surface area contributed by atoms with Gasteiger partial charge in [-0.1, -0.05) is 6.07 Å². The van der Waals surface area contributed by atoms with E-state index in [1.807, 2.05) is 0 Å². The second-order valence-corrected chi connectivity index (χ2v) is 6.42. The van der Waals surface area contributed by atoms with E-state index in [1.54, 1.807) is 19.9 Å². The summed E-state index contributed by atoms with van der Waals surface area (Å²) in [5, 5.41) is 13.6. The summed E-state index contributed by atoms with van der Waals surface area (Å²) in [7, 11) is 0. The van der Waals surface area contributed by atoms with Crippen molar-refractivity contribution in [2.75, 3.05) is 31.6 Å². The Morgan fingerprint density at radius 1 is 1.35 bits per heavy atom. The average molecular weight is 363 g/mol. The molecule has 0 atom stereocenters. The molecule has 0 radical (unpaired) electrons. The molecule has 2 rings (SSSR count). The number of hydrogen-bond donors (Lipinski definition) is 1. The number of nitrogens with zero attached hydrogens (tertiary/aromatic N) is 2. The van der Waals surface area contributed by atoms with Crippen LogP contribution in [0, 0.1) is 23.0 Å². The zero-order valence-electron chi connectivity index (χ0n) is 15.2. The quantitative estimate of drug-likeness (QED) is 0.454. The van der Waals surface area contributed by atoms with E-state index in [9.17, 15) is 19.7 Å². The molecule has 0 aromatic heterocycles. The van der Waals surface area contributed by atoms with Crippen LogP contribution in [0.25, 0.3) is 0 Å². The number of nitrogens with one attached hydrogen (secondary N) is 1. The van der Waals surface area contributed by atoms with Gasteiger partial charge in [0.1, 0.15) is 0 Å². The van der Waals surface area contributed by atoms with Crippen molar-refractivity contribution in [3.05, 3.63) is 33.9 Å². The van der Waals surface area contributed by atoms with E-state index in [-0.39, 0.29) is 23.5 Å². The summed E-state index contributed by atoms with van der Waals surface area (Å²) in [6.45, 7) is 6.10. The van der Waals surface area contributed by atoms with Gasteiger partial charge in [0.2, 0.25) is 5.91 Å². The lowest BCUT2D eigenvalue weighted by molar-refractivity contribution is -0.384. The highest BCUT2D eigenvalue weighted by Crippen LogP contribution is 2.22. The molecule has 1 saturated heterocycles. The lowest BCUT2D eigenvalue weighted by Crippen LogP contribution is -2.38. The SMILES string of the molecule is CCOC(=O)C1CCN(CCC(=O)Nc2cc([N+](=O)[O-])ccc2C)CC1. The molecule has 8 heteroatoms. The van der Waals surface area contributed by atoms with Gasteiger partial charge in [0.25, 0.3) is 5.69 Å². The molecule has 1 aromatic carbocycles. The van der Waals surface area contributed by atoms with Crippen molar-refractivity contribution in [3.8, 4) is 0 Å². The number of carbonyl (C=O) groups excluding carboxylic acids is 2. The Bertz CT molecular complexity index is 669. The Kier molecular flexibility index (Phi) is 7.08. The fraction of sp³-hybridized carbons (Fsp3) is 0.556. The van der Waals surface area contributed by atoms with Crippen molar-refractivity contribution in [1.29, 1.82) is 0 Å². The number of ether oxygens (including phenoxy) is 1. The third kappa shape index (κ3) is 5.52. The van der Waals surface area contributed by atoms with E-state index in [0.717, 1.165) is 31.5 Å². The average Bonchev–Trinajstić information content (AvgIpc) is 2.62. The third-order valence-corrected chi connectivity index (χ3v) is 4.57. The molecule has 1 aliphatic heterocycles. The maximum Gasteiger partial charge on any atom is 0.309 e. The molecule has 1 amide bonds. The molecule has 142 valence electrons. The van der Waals surface area contributed by atoms with Crippen LogP contribution in [0.4, 0.5) is 11.4 Å². The van der Waals surface area contributed by atoms with E-state index in [1.165, 1.54) is 12.1 Å². The molecule has 26 heavy (non-hydrogen) atoms. The minimum absolute atomic E-state index is 0.0486. The lowest BCUT2D eigenvalue weighted by Gasteiger charge is -2.30. The van der Waals surface area contributed by atoms with Crippen LogP contribution < -0.4 is 5.32 Å². The van der Waals surface area contributed by atoms with Crippen molar-refractivity contribution < 1.29 is 19.2 Å². The van der Waals surface area contributed by atoms with Crippen LogP contribution in [0.2, 0.25) is 0 Å². The van der Waals surface area contributed by atoms with Crippen LogP contribution in [-0.2, 0) is 14.3 Å². The number of esters is 1. The molecule has 0 unspecified atom stereocenters. The smallest absolute Gasteiger partial charge is 0.309 e. The van der Waals surface area contributed by atoms with Gasteiger partial charge >= 0.3 is 5.97 Å². The van der Waals surface area contributed by atoms with Gasteiger partial charge in [-0.2, -0.15) is 0 Å². The van der Waals surface area contributed by atoms with E-state index < -0.39 is 4.92 Å². The number of likely N-dealkylation sites (tertiary alicyclic amines) is 1. The highest BCUT2D eigenvalue weighted by molar-refractivity contribution is 5.92. The number of carbonyl (C=O) groups is 2. The Hall–Kier alpha value is -2.48. The van der Waals surface area contributed by atoms with Crippen LogP contribution in [-0.4, -0.2) is 47.9 Å². The highest BCUT2D eigenvalue weighted by atomic mass is 16.6. The largest absolute Gasteiger partial charge is 0.466 e. The van der Waals surface area contributed by atoms with Crippen molar-refractivity contribution in [2.45, 2.75) is 33.1 Å². The van der Waals surface area contributed by atoms with Crippen molar-refractivity contribution in [2.24, 2.45) is 5.92 Å². The summed E-state index contributed by atoms with van der Waals surface area (Å²) in [6.07, 6.45) is 1.78. The first-order valence-corrected chi connectivity index (χ1v) is 8.84. The number of hydrogen-bond acceptors (Lipinski definition) is 6. The number of anilines is 1. The topological polar surface area (TPSA) is 102 Å². The Balaban J connectivity index is 1.79. The number of aryl methyl sites for hydroxylation is 1. The highest BCUT2D eigenvalue weighted by Gasteiger charge is 2.26. The van der Waals surface area contributed by atoms with Gasteiger partial charge in [-0.15, -0.1) is 0 Å². The van der Waals surface area contributed by atoms with Crippen molar-refractivity contribution in [3.63, 3.8) is 0 Å². The number of piperidine rings is 1. The van der Waals surface area contributed by atoms with Gasteiger partial charge in [0.15, 0.2) is 0 Å². The minimum atomic E-state index is -0.483. The molecular weight excluding hydrogens is 338 g/mol. The van der Waals surface area contributed by atoms with Crippen LogP contribution in [0.5, 0.6) is 0 Å². The summed E-state index contributed by atoms with van der Waals surface area (Å²) >= 11 is 0. The molecule has 0 bridgehead atoms. The van der Waals surface area contributed by atoms with Crippen molar-refractivity contribution >= 4 is 23.3 Å². The normalized spacial score (nSPS) is 15.5. The molecule has 1 aliphatic rings. The Morgan fingerprint density at radius 3 is 2.65 bits per heavy atom. The molecule has 1 N–H and O–H groups in total. The molecule has 0 aliphatic carbocycles. The fourth-order valence-corrected chi connectivity index (χ4v) is 2.98. The van der Waals surface area contributed by atoms with E-state index >= 15 is 0 Å². The number of benzene rings is 1. The summed E-state index contributed by atoms with van der Waals surface area (Å²) in [5.74, 6) is -0.361. The fourth-order valence-electron chi connectivity index (χ4n) is 2.98. The van der Waals surface area contributed by atoms with Gasteiger partial charge < -0.3 is 15.0 Å². The minimum Gasteiger partial charge on any atom is -0.466 e. The zero-order chi connectivity index (χ0) is 19.1. The maximum atomic E-state index is 12.2. The predicted octanol–water partition coefficient (Wildman–Crippen LogP) is 2.51. The van der Waals surface area contributed by atoms with Gasteiger partial charge in [-0.25, -0.2) is 0 Å². The molecule has 1 fully saturated rings. The standard InChI is InChI=1S/C18H25N3O5/c1-3-26-18(23)14-6-9-20(10-7-14)11-8-17(22)19-16-12-15(21(24)25)5-4-13(16)2/h4-5,12,14H,3,6-11H2,1-2H3,(H,19,22). The lowest BCUT2D eigenvalue weighted by atomic mass is 9.97. The third-order valence-electron chi connectivity index (χ3n) is 4.57. The van der Waals surface area contributed by atoms with Crippen LogP contribution in [0.3, 0.4) is 0 Å². The van der Waals surface area contributed by atoms with Crippen molar-refractivity contribution in [1.82, 2.24) is 4.90 Å². The zero-order valence-corrected chi connectivity index (χ0v) is 15.2. The molecule has 0 spiro atoms. The number of amides is 1. The maximum absolute atomic E-state index is 12.2. The first-order chi connectivity index (χ1) is 12.4. The van der Waals surface area contributed by atoms with E-state index in [4.69, 9.17) is 4.74 Å². The summed E-state index contributed by atoms with van der Waals surface area (Å²) in [4.78, 5) is 36.4. The molecule has 1 aromatic rings.